The van der Waals surface area contributed by atoms with Crippen molar-refractivity contribution in [3.8, 4) is 6.07 Å². The molecular weight excluding hydrogens is 438 g/mol. The largest absolute Gasteiger partial charge is 0.354 e. The van der Waals surface area contributed by atoms with E-state index in [0.29, 0.717) is 34.9 Å². The summed E-state index contributed by atoms with van der Waals surface area (Å²) in [6, 6.07) is 6.82. The summed E-state index contributed by atoms with van der Waals surface area (Å²) in [6.07, 6.45) is 6.91. The lowest BCUT2D eigenvalue weighted by Crippen LogP contribution is -2.45. The van der Waals surface area contributed by atoms with Crippen LogP contribution in [0, 0.1) is 17.1 Å². The van der Waals surface area contributed by atoms with Crippen LogP contribution in [0.1, 0.15) is 36.8 Å². The van der Waals surface area contributed by atoms with Crippen LogP contribution in [-0.2, 0) is 6.54 Å². The average molecular weight is 462 g/mol. The van der Waals surface area contributed by atoms with Gasteiger partial charge < -0.3 is 10.6 Å². The maximum atomic E-state index is 13.8. The SMILES string of the molecule is CN=C(NCc1cc(C#N)ccc1F)NC1CCCC(SC)C1.I. The molecule has 0 heterocycles. The zero-order chi connectivity index (χ0) is 16.7. The first kappa shape index (κ1) is 21.0. The minimum Gasteiger partial charge on any atom is -0.354 e. The van der Waals surface area contributed by atoms with Crippen molar-refractivity contribution in [1.29, 1.82) is 5.26 Å². The Morgan fingerprint density at radius 1 is 1.46 bits per heavy atom. The molecule has 0 saturated heterocycles. The molecule has 0 aromatic heterocycles. The van der Waals surface area contributed by atoms with Crippen LogP contribution >= 0.6 is 35.7 Å². The van der Waals surface area contributed by atoms with Gasteiger partial charge in [0.05, 0.1) is 11.6 Å². The predicted octanol–water partition coefficient (Wildman–Crippen LogP) is 3.65. The van der Waals surface area contributed by atoms with Crippen LogP contribution < -0.4 is 10.6 Å². The lowest BCUT2D eigenvalue weighted by Gasteiger charge is -2.29. The van der Waals surface area contributed by atoms with Crippen molar-refractivity contribution in [3.63, 3.8) is 0 Å². The van der Waals surface area contributed by atoms with Gasteiger partial charge in [-0.25, -0.2) is 4.39 Å². The molecule has 0 aliphatic heterocycles. The standard InChI is InChI=1S/C17H23FN4S.HI/c1-20-17(22-14-4-3-5-15(9-14)23-2)21-11-13-8-12(10-19)6-7-16(13)18;/h6-8,14-15H,3-5,9,11H2,1-2H3,(H2,20,21,22);1H. The first-order valence-corrected chi connectivity index (χ1v) is 9.13. The first-order chi connectivity index (χ1) is 11.2. The van der Waals surface area contributed by atoms with E-state index in [1.165, 1.54) is 25.0 Å². The number of aliphatic imine (C=N–C) groups is 1. The lowest BCUT2D eigenvalue weighted by atomic mass is 9.95. The molecule has 1 fully saturated rings. The maximum Gasteiger partial charge on any atom is 0.191 e. The summed E-state index contributed by atoms with van der Waals surface area (Å²) in [6.45, 7) is 0.305. The highest BCUT2D eigenvalue weighted by Gasteiger charge is 2.21. The highest BCUT2D eigenvalue weighted by molar-refractivity contribution is 14.0. The molecule has 4 nitrogen and oxygen atoms in total. The normalized spacial score (nSPS) is 20.7. The van der Waals surface area contributed by atoms with E-state index in [2.05, 4.69) is 21.9 Å². The van der Waals surface area contributed by atoms with Crippen LogP contribution in [0.3, 0.4) is 0 Å². The number of halogens is 2. The van der Waals surface area contributed by atoms with Gasteiger partial charge in [0.2, 0.25) is 0 Å². The van der Waals surface area contributed by atoms with Crippen molar-refractivity contribution in [2.45, 2.75) is 43.5 Å². The Morgan fingerprint density at radius 3 is 2.92 bits per heavy atom. The summed E-state index contributed by atoms with van der Waals surface area (Å²) < 4.78 is 13.8. The fourth-order valence-electron chi connectivity index (χ4n) is 2.84. The topological polar surface area (TPSA) is 60.2 Å². The molecule has 1 aromatic carbocycles. The predicted molar refractivity (Wildman–Crippen MR) is 109 cm³/mol. The molecule has 2 rings (SSSR count). The van der Waals surface area contributed by atoms with Gasteiger partial charge in [-0.15, -0.1) is 24.0 Å². The van der Waals surface area contributed by atoms with Crippen molar-refractivity contribution in [3.05, 3.63) is 35.1 Å². The number of rotatable bonds is 4. The van der Waals surface area contributed by atoms with E-state index in [4.69, 9.17) is 5.26 Å². The first-order valence-electron chi connectivity index (χ1n) is 7.84. The summed E-state index contributed by atoms with van der Waals surface area (Å²) in [5, 5.41) is 16.2. The Hall–Kier alpha value is -1.01. The summed E-state index contributed by atoms with van der Waals surface area (Å²) in [5.74, 6) is 0.366. The van der Waals surface area contributed by atoms with Gasteiger partial charge in [-0.1, -0.05) is 6.42 Å². The molecule has 2 atom stereocenters. The number of benzene rings is 1. The number of hydrogen-bond donors (Lipinski definition) is 2. The Labute approximate surface area is 164 Å². The summed E-state index contributed by atoms with van der Waals surface area (Å²) in [4.78, 5) is 4.22. The second-order valence-electron chi connectivity index (χ2n) is 5.71. The van der Waals surface area contributed by atoms with Crippen LogP contribution in [0.4, 0.5) is 4.39 Å². The number of guanidine groups is 1. The lowest BCUT2D eigenvalue weighted by molar-refractivity contribution is 0.419. The van der Waals surface area contributed by atoms with E-state index in [1.54, 1.807) is 13.1 Å². The van der Waals surface area contributed by atoms with Crippen LogP contribution in [0.25, 0.3) is 0 Å². The zero-order valence-electron chi connectivity index (χ0n) is 14.0. The minimum atomic E-state index is -0.313. The summed E-state index contributed by atoms with van der Waals surface area (Å²) in [7, 11) is 1.71. The molecule has 1 saturated carbocycles. The van der Waals surface area contributed by atoms with Crippen molar-refractivity contribution in [1.82, 2.24) is 10.6 Å². The van der Waals surface area contributed by atoms with Crippen molar-refractivity contribution < 1.29 is 4.39 Å². The van der Waals surface area contributed by atoms with Crippen LogP contribution in [0.2, 0.25) is 0 Å². The van der Waals surface area contributed by atoms with Crippen molar-refractivity contribution in [2.24, 2.45) is 4.99 Å². The highest BCUT2D eigenvalue weighted by Crippen LogP contribution is 2.26. The minimum absolute atomic E-state index is 0. The molecule has 24 heavy (non-hydrogen) atoms. The van der Waals surface area contributed by atoms with Gasteiger partial charge in [-0.05, 0) is 43.7 Å². The summed E-state index contributed by atoms with van der Waals surface area (Å²) >= 11 is 1.92. The second kappa shape index (κ2) is 10.8. The Morgan fingerprint density at radius 2 is 2.25 bits per heavy atom. The van der Waals surface area contributed by atoms with Crippen molar-refractivity contribution >= 4 is 41.7 Å². The third kappa shape index (κ3) is 6.13. The molecule has 0 amide bonds. The number of nitrogens with zero attached hydrogens (tertiary/aromatic N) is 2. The number of nitrogens with one attached hydrogen (secondary N) is 2. The molecule has 132 valence electrons. The van der Waals surface area contributed by atoms with Crippen LogP contribution in [0.15, 0.2) is 23.2 Å². The van der Waals surface area contributed by atoms with Crippen LogP contribution in [-0.4, -0.2) is 30.6 Å². The van der Waals surface area contributed by atoms with Gasteiger partial charge in [0.15, 0.2) is 5.96 Å². The molecule has 1 aliphatic rings. The molecule has 0 spiro atoms. The average Bonchev–Trinajstić information content (AvgIpc) is 2.59. The van der Waals surface area contributed by atoms with Gasteiger partial charge in [-0.3, -0.25) is 4.99 Å². The van der Waals surface area contributed by atoms with Crippen LogP contribution in [0.5, 0.6) is 0 Å². The van der Waals surface area contributed by atoms with E-state index in [-0.39, 0.29) is 29.8 Å². The summed E-state index contributed by atoms with van der Waals surface area (Å²) in [5.41, 5.74) is 0.930. The quantitative estimate of drug-likeness (QED) is 0.408. The second-order valence-corrected chi connectivity index (χ2v) is 6.85. The smallest absolute Gasteiger partial charge is 0.191 e. The monoisotopic (exact) mass is 462 g/mol. The van der Waals surface area contributed by atoms with E-state index < -0.39 is 0 Å². The molecule has 2 unspecified atom stereocenters. The number of thioether (sulfide) groups is 1. The fourth-order valence-corrected chi connectivity index (χ4v) is 3.66. The number of hydrogen-bond acceptors (Lipinski definition) is 3. The molecule has 0 bridgehead atoms. The Kier molecular flexibility index (Phi) is 9.44. The third-order valence-corrected chi connectivity index (χ3v) is 5.24. The highest BCUT2D eigenvalue weighted by atomic mass is 127. The molecule has 7 heteroatoms. The Balaban J connectivity index is 0.00000288. The van der Waals surface area contributed by atoms with E-state index in [9.17, 15) is 4.39 Å². The molecule has 2 N–H and O–H groups in total. The van der Waals surface area contributed by atoms with Gasteiger partial charge in [0.1, 0.15) is 5.82 Å². The molecule has 1 aromatic rings. The molecule has 1 aliphatic carbocycles. The third-order valence-electron chi connectivity index (χ3n) is 4.14. The van der Waals surface area contributed by atoms with Gasteiger partial charge in [0.25, 0.3) is 0 Å². The van der Waals surface area contributed by atoms with Crippen molar-refractivity contribution in [2.75, 3.05) is 13.3 Å². The van der Waals surface area contributed by atoms with E-state index in [1.807, 2.05) is 17.8 Å². The Bertz CT molecular complexity index is 603. The fraction of sp³-hybridized carbons (Fsp3) is 0.529. The van der Waals surface area contributed by atoms with Gasteiger partial charge >= 0.3 is 0 Å². The van der Waals surface area contributed by atoms with Gasteiger partial charge in [0, 0.05) is 30.4 Å². The zero-order valence-corrected chi connectivity index (χ0v) is 17.2. The van der Waals surface area contributed by atoms with E-state index >= 15 is 0 Å². The maximum absolute atomic E-state index is 13.8. The molecule has 0 radical (unpaired) electrons. The number of nitriles is 1. The van der Waals surface area contributed by atoms with E-state index in [0.717, 1.165) is 12.8 Å². The molecular formula is C17H24FIN4S. The van der Waals surface area contributed by atoms with Gasteiger partial charge in [-0.2, -0.15) is 17.0 Å².